The topological polar surface area (TPSA) is 96.3 Å². The molecule has 0 bridgehead atoms. The molecule has 0 saturated carbocycles. The second-order valence-electron chi connectivity index (χ2n) is 5.85. The number of carbonyl (C=O) groups is 3. The zero-order valence-electron chi connectivity index (χ0n) is 13.7. The molecule has 0 radical (unpaired) electrons. The summed E-state index contributed by atoms with van der Waals surface area (Å²) in [6.45, 7) is -0.350. The van der Waals surface area contributed by atoms with E-state index < -0.39 is 17.8 Å². The maximum absolute atomic E-state index is 12.4. The lowest BCUT2D eigenvalue weighted by molar-refractivity contribution is -0.119. The zero-order chi connectivity index (χ0) is 18.1. The van der Waals surface area contributed by atoms with Crippen LogP contribution in [0.1, 0.15) is 0 Å². The van der Waals surface area contributed by atoms with Gasteiger partial charge in [-0.3, -0.25) is 24.8 Å². The van der Waals surface area contributed by atoms with E-state index in [1.807, 2.05) is 59.2 Å². The van der Waals surface area contributed by atoms with E-state index in [2.05, 4.69) is 15.6 Å². The summed E-state index contributed by atoms with van der Waals surface area (Å²) in [5.41, 5.74) is 2.44. The number of anilines is 1. The number of nitrogens with one attached hydrogen (secondary N) is 2. The first-order valence-corrected chi connectivity index (χ1v) is 8.03. The van der Waals surface area contributed by atoms with Crippen LogP contribution in [0.2, 0.25) is 0 Å². The van der Waals surface area contributed by atoms with E-state index in [-0.39, 0.29) is 13.1 Å². The standard InChI is InChI=1S/C18H15N5O3/c24-15(10-22-11-16(25)21-18(22)26)20-17-19-13-8-4-5-9-14(13)23(17)12-6-2-1-3-7-12/h1-9H,10-11H2,(H,19,20,24)(H,21,25,26). The monoisotopic (exact) mass is 349 g/mol. The van der Waals surface area contributed by atoms with Crippen molar-refractivity contribution < 1.29 is 14.4 Å². The second-order valence-corrected chi connectivity index (χ2v) is 5.85. The molecular weight excluding hydrogens is 334 g/mol. The summed E-state index contributed by atoms with van der Waals surface area (Å²) < 4.78 is 1.84. The first kappa shape index (κ1) is 15.8. The summed E-state index contributed by atoms with van der Waals surface area (Å²) in [5.74, 6) is -0.491. The molecule has 1 aliphatic heterocycles. The minimum absolute atomic E-state index is 0.124. The number of hydrogen-bond donors (Lipinski definition) is 2. The maximum atomic E-state index is 12.4. The lowest BCUT2D eigenvalue weighted by atomic mass is 10.3. The van der Waals surface area contributed by atoms with Crippen LogP contribution in [0.25, 0.3) is 16.7 Å². The van der Waals surface area contributed by atoms with Crippen LogP contribution in [-0.2, 0) is 9.59 Å². The SMILES string of the molecule is O=C1CN(CC(=O)Nc2nc3ccccc3n2-c2ccccc2)C(=O)N1. The van der Waals surface area contributed by atoms with Crippen LogP contribution in [0.3, 0.4) is 0 Å². The molecule has 2 N–H and O–H groups in total. The van der Waals surface area contributed by atoms with Gasteiger partial charge in [0.05, 0.1) is 11.0 Å². The highest BCUT2D eigenvalue weighted by molar-refractivity contribution is 6.04. The van der Waals surface area contributed by atoms with Crippen molar-refractivity contribution in [2.24, 2.45) is 0 Å². The molecule has 8 nitrogen and oxygen atoms in total. The van der Waals surface area contributed by atoms with Gasteiger partial charge in [0, 0.05) is 5.69 Å². The lowest BCUT2D eigenvalue weighted by Gasteiger charge is -2.14. The Labute approximate surface area is 148 Å². The van der Waals surface area contributed by atoms with E-state index >= 15 is 0 Å². The minimum atomic E-state index is -0.568. The number of nitrogens with zero attached hydrogens (tertiary/aromatic N) is 3. The number of amides is 4. The van der Waals surface area contributed by atoms with Crippen molar-refractivity contribution in [2.75, 3.05) is 18.4 Å². The van der Waals surface area contributed by atoms with Crippen LogP contribution in [0.15, 0.2) is 54.6 Å². The molecule has 3 aromatic rings. The fourth-order valence-corrected chi connectivity index (χ4v) is 2.90. The van der Waals surface area contributed by atoms with Gasteiger partial charge < -0.3 is 4.90 Å². The summed E-state index contributed by atoms with van der Waals surface area (Å²) in [5, 5.41) is 4.88. The van der Waals surface area contributed by atoms with Crippen molar-refractivity contribution in [1.82, 2.24) is 19.8 Å². The molecule has 2 heterocycles. The quantitative estimate of drug-likeness (QED) is 0.698. The Kier molecular flexibility index (Phi) is 3.85. The predicted molar refractivity (Wildman–Crippen MR) is 94.8 cm³/mol. The Bertz CT molecular complexity index is 1010. The van der Waals surface area contributed by atoms with Crippen LogP contribution in [0.5, 0.6) is 0 Å². The van der Waals surface area contributed by atoms with Crippen molar-refractivity contribution in [3.05, 3.63) is 54.6 Å². The number of para-hydroxylation sites is 3. The van der Waals surface area contributed by atoms with Crippen molar-refractivity contribution >= 4 is 34.8 Å². The summed E-state index contributed by atoms with van der Waals surface area (Å²) in [6.07, 6.45) is 0. The molecule has 1 saturated heterocycles. The summed E-state index contributed by atoms with van der Waals surface area (Å²) in [7, 11) is 0. The Morgan fingerprint density at radius 2 is 1.81 bits per heavy atom. The normalized spacial score (nSPS) is 13.9. The number of benzene rings is 2. The summed E-state index contributed by atoms with van der Waals surface area (Å²) >= 11 is 0. The third kappa shape index (κ3) is 2.88. The fourth-order valence-electron chi connectivity index (χ4n) is 2.90. The summed E-state index contributed by atoms with van der Waals surface area (Å²) in [6, 6.07) is 16.5. The highest BCUT2D eigenvalue weighted by atomic mass is 16.2. The fraction of sp³-hybridized carbons (Fsp3) is 0.111. The van der Waals surface area contributed by atoms with Gasteiger partial charge in [-0.2, -0.15) is 0 Å². The Hall–Kier alpha value is -3.68. The lowest BCUT2D eigenvalue weighted by Crippen LogP contribution is -2.36. The number of rotatable bonds is 4. The van der Waals surface area contributed by atoms with Crippen molar-refractivity contribution in [3.8, 4) is 5.69 Å². The van der Waals surface area contributed by atoms with Crippen molar-refractivity contribution in [2.45, 2.75) is 0 Å². The molecule has 26 heavy (non-hydrogen) atoms. The van der Waals surface area contributed by atoms with Crippen LogP contribution >= 0.6 is 0 Å². The number of imidazole rings is 1. The van der Waals surface area contributed by atoms with E-state index in [0.717, 1.165) is 21.6 Å². The number of imide groups is 1. The van der Waals surface area contributed by atoms with Gasteiger partial charge in [0.2, 0.25) is 17.8 Å². The second kappa shape index (κ2) is 6.32. The van der Waals surface area contributed by atoms with Gasteiger partial charge in [0.1, 0.15) is 13.1 Å². The number of fused-ring (bicyclic) bond motifs is 1. The largest absolute Gasteiger partial charge is 0.325 e. The number of urea groups is 1. The molecule has 2 aromatic carbocycles. The van der Waals surface area contributed by atoms with Crippen LogP contribution in [0.4, 0.5) is 10.7 Å². The highest BCUT2D eigenvalue weighted by Gasteiger charge is 2.28. The highest BCUT2D eigenvalue weighted by Crippen LogP contribution is 2.24. The van der Waals surface area contributed by atoms with Crippen molar-refractivity contribution in [1.29, 1.82) is 0 Å². The van der Waals surface area contributed by atoms with Crippen LogP contribution < -0.4 is 10.6 Å². The minimum Gasteiger partial charge on any atom is -0.306 e. The van der Waals surface area contributed by atoms with Gasteiger partial charge in [-0.25, -0.2) is 9.78 Å². The van der Waals surface area contributed by atoms with E-state index in [9.17, 15) is 14.4 Å². The molecule has 0 unspecified atom stereocenters. The van der Waals surface area contributed by atoms with Crippen molar-refractivity contribution in [3.63, 3.8) is 0 Å². The number of carbonyl (C=O) groups excluding carboxylic acids is 3. The van der Waals surface area contributed by atoms with Gasteiger partial charge in [-0.15, -0.1) is 0 Å². The van der Waals surface area contributed by atoms with Crippen LogP contribution in [-0.4, -0.2) is 45.4 Å². The molecule has 0 spiro atoms. The average Bonchev–Trinajstić information content (AvgIpc) is 3.14. The number of hydrogen-bond acceptors (Lipinski definition) is 4. The van der Waals surface area contributed by atoms with E-state index in [0.29, 0.717) is 5.95 Å². The molecule has 1 aromatic heterocycles. The zero-order valence-corrected chi connectivity index (χ0v) is 13.7. The Morgan fingerprint density at radius 1 is 1.08 bits per heavy atom. The predicted octanol–water partition coefficient (Wildman–Crippen LogP) is 1.52. The van der Waals surface area contributed by atoms with Gasteiger partial charge in [0.15, 0.2) is 0 Å². The van der Waals surface area contributed by atoms with Gasteiger partial charge in [-0.05, 0) is 24.3 Å². The molecule has 1 aliphatic rings. The Balaban J connectivity index is 1.65. The van der Waals surface area contributed by atoms with E-state index in [1.54, 1.807) is 0 Å². The average molecular weight is 349 g/mol. The van der Waals surface area contributed by atoms with Gasteiger partial charge >= 0.3 is 6.03 Å². The molecular formula is C18H15N5O3. The van der Waals surface area contributed by atoms with Gasteiger partial charge in [-0.1, -0.05) is 30.3 Å². The summed E-state index contributed by atoms with van der Waals surface area (Å²) in [4.78, 5) is 40.8. The first-order chi connectivity index (χ1) is 12.6. The number of aromatic nitrogens is 2. The smallest absolute Gasteiger partial charge is 0.306 e. The third-order valence-electron chi connectivity index (χ3n) is 4.03. The molecule has 1 fully saturated rings. The molecule has 130 valence electrons. The molecule has 0 aliphatic carbocycles. The maximum Gasteiger partial charge on any atom is 0.325 e. The first-order valence-electron chi connectivity index (χ1n) is 8.03. The Morgan fingerprint density at radius 3 is 2.54 bits per heavy atom. The molecule has 0 atom stereocenters. The van der Waals surface area contributed by atoms with Crippen LogP contribution in [0, 0.1) is 0 Å². The van der Waals surface area contributed by atoms with Gasteiger partial charge in [0.25, 0.3) is 0 Å². The van der Waals surface area contributed by atoms with E-state index in [4.69, 9.17) is 0 Å². The molecule has 4 amide bonds. The molecule has 8 heteroatoms. The molecule has 4 rings (SSSR count). The van der Waals surface area contributed by atoms with E-state index in [1.165, 1.54) is 0 Å². The third-order valence-corrected chi connectivity index (χ3v) is 4.03.